The highest BCUT2D eigenvalue weighted by Crippen LogP contribution is 2.40. The molecule has 1 aliphatic carbocycles. The van der Waals surface area contributed by atoms with Gasteiger partial charge in [-0.2, -0.15) is 0 Å². The molecule has 34 heavy (non-hydrogen) atoms. The van der Waals surface area contributed by atoms with Gasteiger partial charge in [-0.15, -0.1) is 0 Å². The van der Waals surface area contributed by atoms with Crippen molar-refractivity contribution in [2.24, 2.45) is 17.8 Å². The minimum absolute atomic E-state index is 0.0405. The van der Waals surface area contributed by atoms with E-state index in [2.05, 4.69) is 33.3 Å². The second-order valence-electron chi connectivity index (χ2n) is 10.6. The molecule has 0 spiro atoms. The monoisotopic (exact) mass is 498 g/mol. The molecule has 0 bridgehead atoms. The number of fused-ring (bicyclic) bond motifs is 1. The number of carbonyl (C=O) groups is 2. The quantitative estimate of drug-likeness (QED) is 0.441. The van der Waals surface area contributed by atoms with E-state index < -0.39 is 10.0 Å². The number of urea groups is 1. The van der Waals surface area contributed by atoms with Crippen LogP contribution in [0, 0.1) is 17.8 Å². The second-order valence-corrected chi connectivity index (χ2v) is 12.8. The third-order valence-electron chi connectivity index (χ3n) is 8.74. The van der Waals surface area contributed by atoms with Gasteiger partial charge in [-0.1, -0.05) is 0 Å². The molecular weight excluding hydrogens is 456 g/mol. The lowest BCUT2D eigenvalue weighted by Gasteiger charge is -2.42. The minimum atomic E-state index is -3.31. The maximum Gasteiger partial charge on any atom is 0.314 e. The number of hydrogen-bond donors (Lipinski definition) is 4. The van der Waals surface area contributed by atoms with Crippen molar-refractivity contribution in [2.45, 2.75) is 81.7 Å². The van der Waals surface area contributed by atoms with Crippen molar-refractivity contribution in [1.82, 2.24) is 30.7 Å². The summed E-state index contributed by atoms with van der Waals surface area (Å²) in [4.78, 5) is 24.0. The fourth-order valence-electron chi connectivity index (χ4n) is 6.77. The molecule has 10 nitrogen and oxygen atoms in total. The number of carbonyl (C=O) groups excluding carboxylic acids is 2. The highest BCUT2D eigenvalue weighted by molar-refractivity contribution is 7.89. The first kappa shape index (κ1) is 25.7. The van der Waals surface area contributed by atoms with Crippen LogP contribution >= 0.6 is 0 Å². The molecule has 3 amide bonds. The SMILES string of the molecule is CNC(=O)NC1CCC(S(=O)(=O)N2CCC(C3CCN4NC(C)C(C(=O)NC)C4C3)CC2)CC1. The fourth-order valence-corrected chi connectivity index (χ4v) is 8.78. The van der Waals surface area contributed by atoms with Gasteiger partial charge in [0.05, 0.1) is 11.2 Å². The van der Waals surface area contributed by atoms with Gasteiger partial charge < -0.3 is 16.0 Å². The number of nitrogens with one attached hydrogen (secondary N) is 4. The number of hydrazine groups is 1. The topological polar surface area (TPSA) is 123 Å². The maximum atomic E-state index is 13.3. The first-order valence-electron chi connectivity index (χ1n) is 13.0. The van der Waals surface area contributed by atoms with Gasteiger partial charge in [-0.3, -0.25) is 10.2 Å². The molecule has 1 saturated carbocycles. The Labute approximate surface area is 204 Å². The number of rotatable bonds is 5. The number of amides is 3. The van der Waals surface area contributed by atoms with Gasteiger partial charge >= 0.3 is 6.03 Å². The van der Waals surface area contributed by atoms with Crippen LogP contribution in [0.15, 0.2) is 0 Å². The molecule has 194 valence electrons. The molecule has 4 unspecified atom stereocenters. The molecular formula is C23H42N6O4S. The van der Waals surface area contributed by atoms with Crippen LogP contribution < -0.4 is 21.4 Å². The van der Waals surface area contributed by atoms with Crippen LogP contribution in [0.1, 0.15) is 58.3 Å². The van der Waals surface area contributed by atoms with E-state index >= 15 is 0 Å². The lowest BCUT2D eigenvalue weighted by Crippen LogP contribution is -2.50. The van der Waals surface area contributed by atoms with Crippen LogP contribution in [-0.2, 0) is 14.8 Å². The molecule has 0 aromatic rings. The highest BCUT2D eigenvalue weighted by atomic mass is 32.2. The van der Waals surface area contributed by atoms with Gasteiger partial charge in [0.2, 0.25) is 15.9 Å². The third-order valence-corrected chi connectivity index (χ3v) is 11.1. The molecule has 0 aromatic heterocycles. The Morgan fingerprint density at radius 1 is 0.882 bits per heavy atom. The van der Waals surface area contributed by atoms with Crippen molar-refractivity contribution in [2.75, 3.05) is 33.7 Å². The molecule has 0 radical (unpaired) electrons. The molecule has 4 rings (SSSR count). The fraction of sp³-hybridized carbons (Fsp3) is 0.913. The number of sulfonamides is 1. The average molecular weight is 499 g/mol. The normalized spacial score (nSPS) is 36.0. The molecule has 3 saturated heterocycles. The summed E-state index contributed by atoms with van der Waals surface area (Å²) in [6, 6.07) is 0.199. The molecule has 0 aromatic carbocycles. The maximum absolute atomic E-state index is 13.3. The predicted octanol–water partition coefficient (Wildman–Crippen LogP) is 0.618. The van der Waals surface area contributed by atoms with Crippen molar-refractivity contribution < 1.29 is 18.0 Å². The molecule has 4 atom stereocenters. The molecule has 3 heterocycles. The molecule has 3 aliphatic heterocycles. The van der Waals surface area contributed by atoms with Gasteiger partial charge in [-0.05, 0) is 70.1 Å². The summed E-state index contributed by atoms with van der Waals surface area (Å²) in [6.07, 6.45) is 6.49. The Morgan fingerprint density at radius 3 is 2.15 bits per heavy atom. The van der Waals surface area contributed by atoms with E-state index in [-0.39, 0.29) is 41.2 Å². The van der Waals surface area contributed by atoms with Gasteiger partial charge in [0.1, 0.15) is 0 Å². The summed E-state index contributed by atoms with van der Waals surface area (Å²) in [5.41, 5.74) is 3.48. The van der Waals surface area contributed by atoms with Crippen LogP contribution in [0.25, 0.3) is 0 Å². The summed E-state index contributed by atoms with van der Waals surface area (Å²) in [5, 5.41) is 10.2. The van der Waals surface area contributed by atoms with E-state index in [0.717, 1.165) is 32.2 Å². The van der Waals surface area contributed by atoms with Crippen molar-refractivity contribution in [3.05, 3.63) is 0 Å². The molecule has 11 heteroatoms. The van der Waals surface area contributed by atoms with E-state index in [1.54, 1.807) is 18.4 Å². The van der Waals surface area contributed by atoms with E-state index in [1.807, 2.05) is 0 Å². The van der Waals surface area contributed by atoms with E-state index in [9.17, 15) is 18.0 Å². The second kappa shape index (κ2) is 10.7. The Balaban J connectivity index is 1.29. The van der Waals surface area contributed by atoms with Crippen LogP contribution in [0.5, 0.6) is 0 Å². The summed E-state index contributed by atoms with van der Waals surface area (Å²) in [7, 11) is -0.0132. The Kier molecular flexibility index (Phi) is 8.06. The summed E-state index contributed by atoms with van der Waals surface area (Å²) >= 11 is 0. The molecule has 4 fully saturated rings. The smallest absolute Gasteiger partial charge is 0.314 e. The van der Waals surface area contributed by atoms with Gasteiger partial charge in [0.25, 0.3) is 0 Å². The van der Waals surface area contributed by atoms with Crippen molar-refractivity contribution in [1.29, 1.82) is 0 Å². The summed E-state index contributed by atoms with van der Waals surface area (Å²) in [5.74, 6) is 1.12. The largest absolute Gasteiger partial charge is 0.359 e. The van der Waals surface area contributed by atoms with Crippen LogP contribution in [-0.4, -0.2) is 86.8 Å². The van der Waals surface area contributed by atoms with E-state index in [4.69, 9.17) is 0 Å². The number of nitrogens with zero attached hydrogens (tertiary/aromatic N) is 2. The minimum Gasteiger partial charge on any atom is -0.359 e. The van der Waals surface area contributed by atoms with Crippen LogP contribution in [0.2, 0.25) is 0 Å². The zero-order chi connectivity index (χ0) is 24.5. The Morgan fingerprint density at radius 2 is 1.53 bits per heavy atom. The lowest BCUT2D eigenvalue weighted by atomic mass is 9.74. The first-order valence-corrected chi connectivity index (χ1v) is 14.5. The highest BCUT2D eigenvalue weighted by Gasteiger charge is 2.47. The van der Waals surface area contributed by atoms with E-state index in [1.165, 1.54) is 0 Å². The first-order chi connectivity index (χ1) is 16.2. The van der Waals surface area contributed by atoms with E-state index in [0.29, 0.717) is 50.6 Å². The molecule has 4 N–H and O–H groups in total. The third kappa shape index (κ3) is 5.22. The number of piperidine rings is 2. The average Bonchev–Trinajstić information content (AvgIpc) is 3.18. The van der Waals surface area contributed by atoms with Gasteiger partial charge in [-0.25, -0.2) is 22.5 Å². The van der Waals surface area contributed by atoms with Gasteiger partial charge in [0.15, 0.2) is 0 Å². The molecule has 4 aliphatic rings. The summed E-state index contributed by atoms with van der Waals surface area (Å²) < 4.78 is 28.3. The summed E-state index contributed by atoms with van der Waals surface area (Å²) in [6.45, 7) is 4.22. The van der Waals surface area contributed by atoms with Crippen LogP contribution in [0.4, 0.5) is 4.79 Å². The van der Waals surface area contributed by atoms with Crippen molar-refractivity contribution in [3.8, 4) is 0 Å². The Hall–Kier alpha value is -1.43. The standard InChI is InChI=1S/C23H42N6O4S/c1-15-21(22(30)24-2)20-14-17(10-13-29(20)27-15)16-8-11-28(12-9-16)34(32,33)19-6-4-18(5-7-19)26-23(31)25-3/h15-21,27H,4-14H2,1-3H3,(H,24,30)(H2,25,26,31). The number of hydrogen-bond acceptors (Lipinski definition) is 6. The van der Waals surface area contributed by atoms with Gasteiger partial charge in [0, 0.05) is 51.9 Å². The lowest BCUT2D eigenvalue weighted by molar-refractivity contribution is -0.126. The van der Waals surface area contributed by atoms with Crippen molar-refractivity contribution >= 4 is 22.0 Å². The zero-order valence-electron chi connectivity index (χ0n) is 20.8. The van der Waals surface area contributed by atoms with Crippen molar-refractivity contribution in [3.63, 3.8) is 0 Å². The zero-order valence-corrected chi connectivity index (χ0v) is 21.6. The van der Waals surface area contributed by atoms with Crippen LogP contribution in [0.3, 0.4) is 0 Å². The Bertz CT molecular complexity index is 838. The predicted molar refractivity (Wildman–Crippen MR) is 130 cm³/mol.